The lowest BCUT2D eigenvalue weighted by atomic mass is 10.1. The Kier molecular flexibility index (Phi) is 14.7. The summed E-state index contributed by atoms with van der Waals surface area (Å²) < 4.78 is 41.4. The molecular formula is C53H59N5O11. The van der Waals surface area contributed by atoms with Crippen molar-refractivity contribution in [3.63, 3.8) is 0 Å². The number of carbonyl (C=O) groups excluding carboxylic acids is 2. The summed E-state index contributed by atoms with van der Waals surface area (Å²) in [5, 5.41) is 16.6. The summed E-state index contributed by atoms with van der Waals surface area (Å²) >= 11 is 0. The minimum atomic E-state index is -0.872. The predicted octanol–water partition coefficient (Wildman–Crippen LogP) is 7.21. The SMILES string of the molecule is COCCOCCOCCN(CCCC(=O)O)c1cc(COc2cc3c(cc2OC)C(=O)N2c4ccccc4CC2CN3)cc(COc2cc3c(cc2OC)C(=O)N2c4ccccc4C[C@H]2CN3)c1. The van der Waals surface area contributed by atoms with E-state index in [4.69, 9.17) is 33.2 Å². The maximum atomic E-state index is 14.1. The number of amides is 2. The van der Waals surface area contributed by atoms with E-state index in [9.17, 15) is 19.5 Å². The number of carboxylic acid groups (broad SMARTS) is 1. The minimum absolute atomic E-state index is 0.00280. The normalized spacial score (nSPS) is 16.4. The van der Waals surface area contributed by atoms with Gasteiger partial charge in [-0.2, -0.15) is 0 Å². The van der Waals surface area contributed by atoms with Crippen LogP contribution >= 0.6 is 0 Å². The first-order valence-electron chi connectivity index (χ1n) is 23.5. The van der Waals surface area contributed by atoms with Crippen LogP contribution in [-0.4, -0.2) is 116 Å². The Morgan fingerprint density at radius 1 is 0.638 bits per heavy atom. The molecule has 0 fully saturated rings. The number of carbonyl (C=O) groups is 3. The van der Waals surface area contributed by atoms with Crippen molar-refractivity contribution in [1.29, 1.82) is 0 Å². The van der Waals surface area contributed by atoms with Gasteiger partial charge in [0.25, 0.3) is 11.8 Å². The van der Waals surface area contributed by atoms with Crippen molar-refractivity contribution in [3.8, 4) is 23.0 Å². The second-order valence-corrected chi connectivity index (χ2v) is 17.5. The number of ether oxygens (including phenoxy) is 7. The molecule has 4 heterocycles. The number of benzene rings is 5. The Hall–Kier alpha value is -7.01. The average Bonchev–Trinajstić information content (AvgIpc) is 3.85. The number of nitrogens with one attached hydrogen (secondary N) is 2. The fourth-order valence-corrected chi connectivity index (χ4v) is 9.67. The van der Waals surface area contributed by atoms with Crippen LogP contribution in [0.3, 0.4) is 0 Å². The lowest BCUT2D eigenvalue weighted by molar-refractivity contribution is -0.137. The van der Waals surface area contributed by atoms with Gasteiger partial charge in [-0.1, -0.05) is 36.4 Å². The molecule has 0 radical (unpaired) electrons. The highest BCUT2D eigenvalue weighted by molar-refractivity contribution is 6.13. The molecule has 5 aromatic carbocycles. The third kappa shape index (κ3) is 10.4. The molecule has 5 aromatic rings. The molecule has 362 valence electrons. The summed E-state index contributed by atoms with van der Waals surface area (Å²) in [6.45, 7) is 4.47. The Bertz CT molecular complexity index is 2520. The van der Waals surface area contributed by atoms with Gasteiger partial charge < -0.3 is 63.6 Å². The molecule has 3 N–H and O–H groups in total. The van der Waals surface area contributed by atoms with Gasteiger partial charge in [-0.25, -0.2) is 0 Å². The molecule has 0 aliphatic carbocycles. The van der Waals surface area contributed by atoms with Crippen LogP contribution in [-0.2, 0) is 45.1 Å². The fourth-order valence-electron chi connectivity index (χ4n) is 9.67. The highest BCUT2D eigenvalue weighted by Gasteiger charge is 2.39. The quantitative estimate of drug-likeness (QED) is 0.0596. The van der Waals surface area contributed by atoms with E-state index in [2.05, 4.69) is 27.7 Å². The van der Waals surface area contributed by atoms with Gasteiger partial charge in [0.15, 0.2) is 23.0 Å². The predicted molar refractivity (Wildman–Crippen MR) is 262 cm³/mol. The smallest absolute Gasteiger partial charge is 0.303 e. The molecule has 0 saturated heterocycles. The Balaban J connectivity index is 0.980. The van der Waals surface area contributed by atoms with Gasteiger partial charge in [0, 0.05) is 68.9 Å². The summed E-state index contributed by atoms with van der Waals surface area (Å²) in [7, 11) is 4.74. The highest BCUT2D eigenvalue weighted by atomic mass is 16.5. The van der Waals surface area contributed by atoms with Crippen LogP contribution in [0.1, 0.15) is 55.8 Å². The van der Waals surface area contributed by atoms with Crippen molar-refractivity contribution in [3.05, 3.63) is 124 Å². The van der Waals surface area contributed by atoms with Crippen molar-refractivity contribution in [2.24, 2.45) is 0 Å². The number of fused-ring (bicyclic) bond motifs is 8. The fraction of sp³-hybridized carbons (Fsp3) is 0.377. The molecule has 0 saturated carbocycles. The van der Waals surface area contributed by atoms with Crippen LogP contribution in [0.5, 0.6) is 23.0 Å². The molecule has 0 bridgehead atoms. The second-order valence-electron chi connectivity index (χ2n) is 17.5. The standard InChI is InChI=1S/C53H59N5O11/c1-63-17-18-67-20-19-66-16-15-56(14-8-13-51(59)60)38-22-34(32-68-49-28-43-41(26-47(49)64-2)52(61)57-39(30-54-43)24-36-9-4-6-11-45(36)57)21-35(23-38)33-69-50-29-44-42(27-48(50)65-3)53(62)58-40(31-55-44)25-37-10-5-7-12-46(37)58/h4-7,9-12,21-23,26-29,39-40,54-55H,8,13-20,24-25,30-33H2,1-3H3,(H,59,60)/t39-,40?/m0/s1. The van der Waals surface area contributed by atoms with E-state index < -0.39 is 5.97 Å². The van der Waals surface area contributed by atoms with Crippen LogP contribution in [0.15, 0.2) is 91.0 Å². The van der Waals surface area contributed by atoms with Crippen LogP contribution in [0.4, 0.5) is 28.4 Å². The van der Waals surface area contributed by atoms with Crippen molar-refractivity contribution in [2.45, 2.75) is 51.0 Å². The third-order valence-electron chi connectivity index (χ3n) is 13.0. The van der Waals surface area contributed by atoms with Gasteiger partial charge in [0.05, 0.1) is 81.8 Å². The van der Waals surface area contributed by atoms with Gasteiger partial charge in [-0.05, 0) is 84.0 Å². The van der Waals surface area contributed by atoms with Crippen LogP contribution in [0, 0.1) is 0 Å². The van der Waals surface area contributed by atoms with E-state index in [1.54, 1.807) is 33.5 Å². The molecule has 0 spiro atoms. The van der Waals surface area contributed by atoms with E-state index in [-0.39, 0.29) is 43.5 Å². The number of hydrogen-bond acceptors (Lipinski definition) is 13. The minimum Gasteiger partial charge on any atom is -0.493 e. The number of methoxy groups -OCH3 is 3. The summed E-state index contributed by atoms with van der Waals surface area (Å²) in [5.74, 6) is 0.683. The molecule has 0 aromatic heterocycles. The highest BCUT2D eigenvalue weighted by Crippen LogP contribution is 2.43. The maximum absolute atomic E-state index is 14.1. The number of aliphatic carboxylic acids is 1. The van der Waals surface area contributed by atoms with E-state index >= 15 is 0 Å². The molecule has 1 unspecified atom stereocenters. The lowest BCUT2D eigenvalue weighted by Gasteiger charge is -2.26. The molecular weight excluding hydrogens is 883 g/mol. The number of nitrogens with zero attached hydrogens (tertiary/aromatic N) is 3. The van der Waals surface area contributed by atoms with Crippen molar-refractivity contribution in [1.82, 2.24) is 0 Å². The number of carboxylic acids is 1. The van der Waals surface area contributed by atoms with Crippen LogP contribution < -0.4 is 44.3 Å². The van der Waals surface area contributed by atoms with Crippen molar-refractivity contribution >= 4 is 46.2 Å². The Morgan fingerprint density at radius 3 is 1.65 bits per heavy atom. The monoisotopic (exact) mass is 941 g/mol. The molecule has 4 aliphatic rings. The van der Waals surface area contributed by atoms with Gasteiger partial charge in [0.1, 0.15) is 13.2 Å². The molecule has 4 aliphatic heterocycles. The first kappa shape index (κ1) is 47.1. The largest absolute Gasteiger partial charge is 0.493 e. The Morgan fingerprint density at radius 2 is 1.14 bits per heavy atom. The molecule has 16 heteroatoms. The number of rotatable bonds is 22. The average molecular weight is 942 g/mol. The molecule has 2 atom stereocenters. The second kappa shape index (κ2) is 21.5. The maximum Gasteiger partial charge on any atom is 0.303 e. The molecule has 2 amide bonds. The van der Waals surface area contributed by atoms with E-state index in [1.807, 2.05) is 76.5 Å². The van der Waals surface area contributed by atoms with Gasteiger partial charge in [0.2, 0.25) is 0 Å². The van der Waals surface area contributed by atoms with Gasteiger partial charge >= 0.3 is 5.97 Å². The summed E-state index contributed by atoms with van der Waals surface area (Å²) in [6, 6.07) is 29.2. The summed E-state index contributed by atoms with van der Waals surface area (Å²) in [5.41, 5.74) is 8.91. The first-order valence-corrected chi connectivity index (χ1v) is 23.5. The zero-order chi connectivity index (χ0) is 47.9. The van der Waals surface area contributed by atoms with Crippen LogP contribution in [0.25, 0.3) is 0 Å². The van der Waals surface area contributed by atoms with Crippen molar-refractivity contribution in [2.75, 3.05) is 106 Å². The zero-order valence-electron chi connectivity index (χ0n) is 39.3. The van der Waals surface area contributed by atoms with E-state index in [1.165, 1.54) is 0 Å². The molecule has 69 heavy (non-hydrogen) atoms. The summed E-state index contributed by atoms with van der Waals surface area (Å²) in [6.07, 6.45) is 1.94. The van der Waals surface area contributed by atoms with E-state index in [0.29, 0.717) is 111 Å². The molecule has 9 rings (SSSR count). The van der Waals surface area contributed by atoms with Gasteiger partial charge in [-0.15, -0.1) is 0 Å². The van der Waals surface area contributed by atoms with Gasteiger partial charge in [-0.3, -0.25) is 14.4 Å². The number of hydrogen-bond donors (Lipinski definition) is 3. The summed E-state index contributed by atoms with van der Waals surface area (Å²) in [4.78, 5) is 45.8. The topological polar surface area (TPSA) is 170 Å². The number of anilines is 5. The van der Waals surface area contributed by atoms with E-state index in [0.717, 1.165) is 52.2 Å². The third-order valence-corrected chi connectivity index (χ3v) is 13.0. The lowest BCUT2D eigenvalue weighted by Crippen LogP contribution is -2.39. The first-order chi connectivity index (χ1) is 33.7. The molecule has 16 nitrogen and oxygen atoms in total. The number of para-hydroxylation sites is 2. The zero-order valence-corrected chi connectivity index (χ0v) is 39.3. The van der Waals surface area contributed by atoms with Crippen LogP contribution in [0.2, 0.25) is 0 Å². The Labute approximate surface area is 401 Å². The van der Waals surface area contributed by atoms with Crippen molar-refractivity contribution < 1.29 is 52.6 Å².